The molecule has 41 heavy (non-hydrogen) atoms. The highest BCUT2D eigenvalue weighted by atomic mass is 19.4. The van der Waals surface area contributed by atoms with E-state index in [0.29, 0.717) is 52.4 Å². The topological polar surface area (TPSA) is 48.1 Å². The van der Waals surface area contributed by atoms with Crippen molar-refractivity contribution in [2.24, 2.45) is 0 Å². The van der Waals surface area contributed by atoms with Gasteiger partial charge in [0.2, 0.25) is 0 Å². The third kappa shape index (κ3) is 7.82. The Morgan fingerprint density at radius 1 is 1.05 bits per heavy atom. The van der Waals surface area contributed by atoms with Gasteiger partial charge in [-0.15, -0.1) is 0 Å². The molecule has 6 nitrogen and oxygen atoms in total. The maximum Gasteiger partial charge on any atom is 0.416 e. The number of morpholine rings is 1. The molecule has 0 radical (unpaired) electrons. The van der Waals surface area contributed by atoms with Crippen molar-refractivity contribution >= 4 is 11.6 Å². The molecule has 2 aromatic carbocycles. The zero-order valence-corrected chi connectivity index (χ0v) is 24.7. The molecule has 2 heterocycles. The van der Waals surface area contributed by atoms with E-state index in [-0.39, 0.29) is 28.7 Å². The molecule has 2 aliphatic heterocycles. The average Bonchev–Trinajstić information content (AvgIpc) is 2.92. The molecular formula is C32H41F3N4O2. The van der Waals surface area contributed by atoms with Gasteiger partial charge in [0.25, 0.3) is 5.91 Å². The highest BCUT2D eigenvalue weighted by Gasteiger charge is 2.35. The first-order chi connectivity index (χ1) is 19.4. The van der Waals surface area contributed by atoms with Crippen LogP contribution in [0.15, 0.2) is 36.4 Å². The molecule has 9 heteroatoms. The molecule has 0 saturated carbocycles. The normalized spacial score (nSPS) is 19.9. The summed E-state index contributed by atoms with van der Waals surface area (Å²) in [5.74, 6) is 6.24. The fourth-order valence-corrected chi connectivity index (χ4v) is 5.44. The standard InChI is InChI=1S/C32H41F3N4O2/c1-23-8-9-25(16-24(23)2)17-29-21-37(10-6-7-11-38-14-15-41-22-31(38,3)4)12-13-39(29)30(40)26-18-27(32(33,34)35)20-28(19-26)36-5/h8-9,16,18-20,29,36H,10-15,17,21-22H2,1-5H3/t29-/m1/s1. The first-order valence-corrected chi connectivity index (χ1v) is 14.2. The van der Waals surface area contributed by atoms with Crippen LogP contribution in [0.5, 0.6) is 0 Å². The van der Waals surface area contributed by atoms with Gasteiger partial charge in [0.05, 0.1) is 31.9 Å². The van der Waals surface area contributed by atoms with E-state index < -0.39 is 11.7 Å². The fraction of sp³-hybridized carbons (Fsp3) is 0.531. The Kier molecular flexibility index (Phi) is 9.68. The van der Waals surface area contributed by atoms with Gasteiger partial charge in [0, 0.05) is 56.1 Å². The second-order valence-electron chi connectivity index (χ2n) is 11.7. The molecule has 0 spiro atoms. The molecule has 1 atom stereocenters. The lowest BCUT2D eigenvalue weighted by Crippen LogP contribution is -2.56. The number of nitrogens with zero attached hydrogens (tertiary/aromatic N) is 3. The number of anilines is 1. The van der Waals surface area contributed by atoms with Gasteiger partial charge in [-0.05, 0) is 69.0 Å². The van der Waals surface area contributed by atoms with Gasteiger partial charge < -0.3 is 15.0 Å². The Hall–Kier alpha value is -3.06. The predicted molar refractivity (Wildman–Crippen MR) is 156 cm³/mol. The zero-order chi connectivity index (χ0) is 29.8. The Morgan fingerprint density at radius 3 is 2.49 bits per heavy atom. The molecule has 2 fully saturated rings. The van der Waals surface area contributed by atoms with E-state index in [4.69, 9.17) is 4.74 Å². The molecule has 0 unspecified atom stereocenters. The van der Waals surface area contributed by atoms with Crippen molar-refractivity contribution < 1.29 is 22.7 Å². The van der Waals surface area contributed by atoms with E-state index in [1.165, 1.54) is 17.2 Å². The first kappa shape index (κ1) is 30.9. The van der Waals surface area contributed by atoms with Crippen LogP contribution in [0, 0.1) is 25.7 Å². The smallest absolute Gasteiger partial charge is 0.388 e. The largest absolute Gasteiger partial charge is 0.416 e. The summed E-state index contributed by atoms with van der Waals surface area (Å²) < 4.78 is 46.4. The van der Waals surface area contributed by atoms with Crippen LogP contribution >= 0.6 is 0 Å². The molecule has 222 valence electrons. The van der Waals surface area contributed by atoms with Crippen molar-refractivity contribution in [3.05, 3.63) is 64.2 Å². The molecule has 0 bridgehead atoms. The molecule has 0 aliphatic carbocycles. The molecule has 1 N–H and O–H groups in total. The van der Waals surface area contributed by atoms with Gasteiger partial charge in [0.15, 0.2) is 0 Å². The second kappa shape index (κ2) is 12.8. The quantitative estimate of drug-likeness (QED) is 0.504. The number of ether oxygens (including phenoxy) is 1. The van der Waals surface area contributed by atoms with E-state index in [0.717, 1.165) is 24.2 Å². The summed E-state index contributed by atoms with van der Waals surface area (Å²) in [5, 5.41) is 2.76. The third-order valence-corrected chi connectivity index (χ3v) is 8.18. The van der Waals surface area contributed by atoms with Crippen molar-refractivity contribution in [3.8, 4) is 11.8 Å². The van der Waals surface area contributed by atoms with Crippen LogP contribution in [0.2, 0.25) is 0 Å². The summed E-state index contributed by atoms with van der Waals surface area (Å²) in [7, 11) is 1.55. The predicted octanol–water partition coefficient (Wildman–Crippen LogP) is 4.85. The number of amides is 1. The Balaban J connectivity index is 1.53. The first-order valence-electron chi connectivity index (χ1n) is 14.2. The zero-order valence-electron chi connectivity index (χ0n) is 24.7. The van der Waals surface area contributed by atoms with Crippen LogP contribution in [0.3, 0.4) is 0 Å². The number of rotatable bonds is 6. The summed E-state index contributed by atoms with van der Waals surface area (Å²) >= 11 is 0. The SMILES string of the molecule is CNc1cc(C(=O)N2CCN(CC#CCN3CCOCC3(C)C)C[C@H]2Cc2ccc(C)c(C)c2)cc(C(F)(F)F)c1. The summed E-state index contributed by atoms with van der Waals surface area (Å²) in [6, 6.07) is 9.55. The summed E-state index contributed by atoms with van der Waals surface area (Å²) in [5.41, 5.74) is 2.86. The fourth-order valence-electron chi connectivity index (χ4n) is 5.44. The van der Waals surface area contributed by atoms with Gasteiger partial charge in [-0.25, -0.2) is 0 Å². The maximum atomic E-state index is 13.7. The van der Waals surface area contributed by atoms with E-state index >= 15 is 0 Å². The van der Waals surface area contributed by atoms with Crippen molar-refractivity contribution in [2.45, 2.75) is 51.9 Å². The lowest BCUT2D eigenvalue weighted by Gasteiger charge is -2.41. The average molecular weight is 571 g/mol. The lowest BCUT2D eigenvalue weighted by atomic mass is 9.97. The van der Waals surface area contributed by atoms with E-state index in [1.807, 2.05) is 0 Å². The van der Waals surface area contributed by atoms with E-state index in [9.17, 15) is 18.0 Å². The van der Waals surface area contributed by atoms with Crippen molar-refractivity contribution in [3.63, 3.8) is 0 Å². The van der Waals surface area contributed by atoms with Crippen LogP contribution < -0.4 is 5.32 Å². The number of hydrogen-bond donors (Lipinski definition) is 1. The van der Waals surface area contributed by atoms with E-state index in [1.54, 1.807) is 11.9 Å². The Labute approximate surface area is 241 Å². The Bertz CT molecular complexity index is 1300. The second-order valence-corrected chi connectivity index (χ2v) is 11.7. The molecule has 2 aliphatic rings. The monoisotopic (exact) mass is 570 g/mol. The lowest BCUT2D eigenvalue weighted by molar-refractivity contribution is -0.137. The minimum atomic E-state index is -4.55. The van der Waals surface area contributed by atoms with Gasteiger partial charge in [-0.3, -0.25) is 14.6 Å². The number of benzene rings is 2. The van der Waals surface area contributed by atoms with Crippen LogP contribution in [0.1, 0.15) is 46.5 Å². The molecule has 2 saturated heterocycles. The summed E-state index contributed by atoms with van der Waals surface area (Å²) in [6.07, 6.45) is -3.94. The molecule has 0 aromatic heterocycles. The van der Waals surface area contributed by atoms with Crippen molar-refractivity contribution in [1.82, 2.24) is 14.7 Å². The number of nitrogens with one attached hydrogen (secondary N) is 1. The summed E-state index contributed by atoms with van der Waals surface area (Å²) in [4.78, 5) is 20.0. The number of carbonyl (C=O) groups excluding carboxylic acids is 1. The number of alkyl halides is 3. The van der Waals surface area contributed by atoms with Gasteiger partial charge in [-0.2, -0.15) is 13.2 Å². The number of carbonyl (C=O) groups is 1. The maximum absolute atomic E-state index is 13.7. The molecule has 4 rings (SSSR count). The van der Waals surface area contributed by atoms with Crippen LogP contribution in [-0.4, -0.2) is 91.7 Å². The van der Waals surface area contributed by atoms with Crippen LogP contribution in [0.4, 0.5) is 18.9 Å². The van der Waals surface area contributed by atoms with Gasteiger partial charge in [0.1, 0.15) is 0 Å². The van der Waals surface area contributed by atoms with E-state index in [2.05, 4.69) is 72.9 Å². The molecule has 2 aromatic rings. The Morgan fingerprint density at radius 2 is 1.80 bits per heavy atom. The molecular weight excluding hydrogens is 529 g/mol. The number of piperazine rings is 1. The van der Waals surface area contributed by atoms with Crippen LogP contribution in [-0.2, 0) is 17.3 Å². The third-order valence-electron chi connectivity index (χ3n) is 8.18. The number of hydrogen-bond acceptors (Lipinski definition) is 5. The van der Waals surface area contributed by atoms with Crippen molar-refractivity contribution in [2.75, 3.05) is 64.8 Å². The summed E-state index contributed by atoms with van der Waals surface area (Å²) in [6.45, 7) is 13.5. The number of halogens is 3. The highest BCUT2D eigenvalue weighted by Crippen LogP contribution is 2.33. The van der Waals surface area contributed by atoms with Crippen molar-refractivity contribution in [1.29, 1.82) is 0 Å². The minimum absolute atomic E-state index is 0.0376. The highest BCUT2D eigenvalue weighted by molar-refractivity contribution is 5.95. The van der Waals surface area contributed by atoms with Crippen LogP contribution in [0.25, 0.3) is 0 Å². The van der Waals surface area contributed by atoms with Gasteiger partial charge >= 0.3 is 6.18 Å². The number of aryl methyl sites for hydroxylation is 2. The minimum Gasteiger partial charge on any atom is -0.388 e. The van der Waals surface area contributed by atoms with Gasteiger partial charge in [-0.1, -0.05) is 30.0 Å². The molecule has 1 amide bonds.